The number of sulfone groups is 1. The molecule has 1 aliphatic heterocycles. The van der Waals surface area contributed by atoms with Crippen LogP contribution in [0.5, 0.6) is 0 Å². The predicted octanol–water partition coefficient (Wildman–Crippen LogP) is 4.79. The van der Waals surface area contributed by atoms with Crippen molar-refractivity contribution in [3.63, 3.8) is 0 Å². The van der Waals surface area contributed by atoms with Gasteiger partial charge < -0.3 is 10.2 Å². The Balaban J connectivity index is 1.58. The molecule has 2 aliphatic carbocycles. The first-order chi connectivity index (χ1) is 16.0. The fourth-order valence-electron chi connectivity index (χ4n) is 6.03. The summed E-state index contributed by atoms with van der Waals surface area (Å²) in [5, 5.41) is 2.07. The second-order valence-electron chi connectivity index (χ2n) is 10.6. The van der Waals surface area contributed by atoms with Gasteiger partial charge in [-0.2, -0.15) is 0 Å². The number of anilines is 1. The van der Waals surface area contributed by atoms with Crippen molar-refractivity contribution in [1.82, 2.24) is 10.3 Å². The summed E-state index contributed by atoms with van der Waals surface area (Å²) in [6, 6.07) is 3.42. The number of rotatable bonds is 5. The number of aromatic nitrogens is 1. The number of hydrogen-bond donors (Lipinski definition) is 1. The topological polar surface area (TPSA) is 79.4 Å². The summed E-state index contributed by atoms with van der Waals surface area (Å²) in [6.45, 7) is 6.07. The Morgan fingerprint density at radius 2 is 1.65 bits per heavy atom. The van der Waals surface area contributed by atoms with Crippen LogP contribution < -0.4 is 10.2 Å². The van der Waals surface area contributed by atoms with Crippen molar-refractivity contribution in [2.24, 2.45) is 5.92 Å². The van der Waals surface area contributed by atoms with Crippen LogP contribution in [-0.4, -0.2) is 48.6 Å². The number of amides is 1. The maximum absolute atomic E-state index is 14.0. The first-order valence-corrected chi connectivity index (χ1v) is 14.2. The van der Waals surface area contributed by atoms with Gasteiger partial charge >= 0.3 is 0 Å². The van der Waals surface area contributed by atoms with Crippen molar-refractivity contribution in [1.29, 1.82) is 0 Å². The summed E-state index contributed by atoms with van der Waals surface area (Å²) in [4.78, 5) is 20.2. The Bertz CT molecular complexity index is 997. The largest absolute Gasteiger partial charge is 0.353 e. The lowest BCUT2D eigenvalue weighted by molar-refractivity contribution is -0.126. The fourth-order valence-corrected chi connectivity index (χ4v) is 8.19. The number of alkyl halides is 2. The second kappa shape index (κ2) is 9.70. The first kappa shape index (κ1) is 25.3. The van der Waals surface area contributed by atoms with Gasteiger partial charge in [0.05, 0.1) is 11.2 Å². The van der Waals surface area contributed by atoms with Crippen LogP contribution in [0.25, 0.3) is 0 Å². The minimum Gasteiger partial charge on any atom is -0.353 e. The molecule has 2 heterocycles. The minimum atomic E-state index is -3.82. The molecule has 0 spiro atoms. The number of pyridine rings is 1. The lowest BCUT2D eigenvalue weighted by atomic mass is 9.91. The molecule has 1 N–H and O–H groups in total. The number of carbonyl (C=O) groups is 1. The summed E-state index contributed by atoms with van der Waals surface area (Å²) >= 11 is 0. The number of aryl methyl sites for hydroxylation is 1. The highest BCUT2D eigenvalue weighted by molar-refractivity contribution is 7.92. The maximum Gasteiger partial charge on any atom is 0.248 e. The summed E-state index contributed by atoms with van der Waals surface area (Å²) in [6.07, 6.45) is 4.58. The highest BCUT2D eigenvalue weighted by Gasteiger charge is 2.45. The molecule has 1 amide bonds. The molecule has 3 fully saturated rings. The Labute approximate surface area is 201 Å². The lowest BCUT2D eigenvalue weighted by Gasteiger charge is -2.41. The molecule has 2 saturated carbocycles. The Morgan fingerprint density at radius 3 is 2.29 bits per heavy atom. The van der Waals surface area contributed by atoms with Gasteiger partial charge in [0.1, 0.15) is 10.7 Å². The van der Waals surface area contributed by atoms with Gasteiger partial charge in [-0.15, -0.1) is 0 Å². The second-order valence-corrected chi connectivity index (χ2v) is 12.7. The molecule has 0 unspecified atom stereocenters. The van der Waals surface area contributed by atoms with E-state index in [1.807, 2.05) is 6.92 Å². The average Bonchev–Trinajstić information content (AvgIpc) is 3.26. The molecule has 1 aromatic rings. The maximum atomic E-state index is 14.0. The smallest absolute Gasteiger partial charge is 0.248 e. The zero-order valence-corrected chi connectivity index (χ0v) is 21.2. The summed E-state index contributed by atoms with van der Waals surface area (Å²) < 4.78 is 54.9. The quantitative estimate of drug-likeness (QED) is 0.633. The molecule has 3 aliphatic rings. The monoisotopic (exact) mass is 497 g/mol. The molecular weight excluding hydrogens is 460 g/mol. The molecule has 4 atom stereocenters. The van der Waals surface area contributed by atoms with E-state index in [4.69, 9.17) is 0 Å². The molecule has 0 bridgehead atoms. The van der Waals surface area contributed by atoms with Crippen LogP contribution in [0.3, 0.4) is 0 Å². The highest BCUT2D eigenvalue weighted by atomic mass is 32.2. The molecule has 34 heavy (non-hydrogen) atoms. The van der Waals surface area contributed by atoms with Crippen molar-refractivity contribution >= 4 is 21.6 Å². The molecule has 6 nitrogen and oxygen atoms in total. The number of nitrogens with zero attached hydrogens (tertiary/aromatic N) is 2. The van der Waals surface area contributed by atoms with E-state index < -0.39 is 26.9 Å². The molecule has 0 aromatic carbocycles. The normalized spacial score (nSPS) is 30.3. The molecule has 0 radical (unpaired) electrons. The summed E-state index contributed by atoms with van der Waals surface area (Å²) in [7, 11) is -3.82. The van der Waals surface area contributed by atoms with Gasteiger partial charge in [-0.25, -0.2) is 22.2 Å². The van der Waals surface area contributed by atoms with E-state index in [0.717, 1.165) is 25.0 Å². The molecule has 1 aromatic heterocycles. The Kier molecular flexibility index (Phi) is 7.23. The summed E-state index contributed by atoms with van der Waals surface area (Å²) in [5.74, 6) is -3.15. The third-order valence-electron chi connectivity index (χ3n) is 7.97. The van der Waals surface area contributed by atoms with Crippen LogP contribution in [0.15, 0.2) is 17.0 Å². The molecular formula is C25H37F2N3O3S. The van der Waals surface area contributed by atoms with Crippen molar-refractivity contribution in [2.45, 2.75) is 119 Å². The number of nitrogens with one attached hydrogen (secondary N) is 1. The van der Waals surface area contributed by atoms with Gasteiger partial charge in [0.25, 0.3) is 0 Å². The number of piperidine rings is 1. The van der Waals surface area contributed by atoms with Crippen LogP contribution in [0.2, 0.25) is 0 Å². The molecule has 9 heteroatoms. The van der Waals surface area contributed by atoms with Crippen molar-refractivity contribution in [3.05, 3.63) is 17.8 Å². The van der Waals surface area contributed by atoms with E-state index in [-0.39, 0.29) is 54.6 Å². The molecule has 190 valence electrons. The van der Waals surface area contributed by atoms with Crippen LogP contribution in [0.4, 0.5) is 14.6 Å². The zero-order chi connectivity index (χ0) is 24.7. The molecule has 1 saturated heterocycles. The van der Waals surface area contributed by atoms with E-state index in [2.05, 4.69) is 29.0 Å². The van der Waals surface area contributed by atoms with E-state index in [0.29, 0.717) is 25.1 Å². The molecule has 4 rings (SSSR count). The Morgan fingerprint density at radius 1 is 1.03 bits per heavy atom. The van der Waals surface area contributed by atoms with E-state index in [1.165, 1.54) is 0 Å². The van der Waals surface area contributed by atoms with Crippen LogP contribution in [0, 0.1) is 12.8 Å². The third kappa shape index (κ3) is 5.09. The number of hydrogen-bond acceptors (Lipinski definition) is 5. The minimum absolute atomic E-state index is 0.180. The highest BCUT2D eigenvalue weighted by Crippen LogP contribution is 2.40. The van der Waals surface area contributed by atoms with Crippen molar-refractivity contribution in [2.75, 3.05) is 4.90 Å². The average molecular weight is 498 g/mol. The van der Waals surface area contributed by atoms with Gasteiger partial charge in [0.15, 0.2) is 9.84 Å². The van der Waals surface area contributed by atoms with Crippen LogP contribution >= 0.6 is 0 Å². The van der Waals surface area contributed by atoms with Gasteiger partial charge in [-0.3, -0.25) is 4.79 Å². The standard InChI is InChI=1S/C25H37F2N3O3S/c1-16-10-11-22(23(28-16)30-17(2)6-4-7-18(30)3)34(32,33)21-9-5-8-20(21)24(31)29-19-12-14-25(26,27)15-13-19/h10-11,17-21H,4-9,12-15H2,1-3H3,(H,29,31)/t17-,18-,20-,21-/m0/s1. The fraction of sp³-hybridized carbons (Fsp3) is 0.760. The van der Waals surface area contributed by atoms with E-state index in [1.54, 1.807) is 12.1 Å². The number of halogens is 2. The predicted molar refractivity (Wildman–Crippen MR) is 128 cm³/mol. The zero-order valence-electron chi connectivity index (χ0n) is 20.4. The van der Waals surface area contributed by atoms with E-state index >= 15 is 0 Å². The van der Waals surface area contributed by atoms with E-state index in [9.17, 15) is 22.0 Å². The first-order valence-electron chi connectivity index (χ1n) is 12.7. The van der Waals surface area contributed by atoms with Crippen molar-refractivity contribution in [3.8, 4) is 0 Å². The van der Waals surface area contributed by atoms with Gasteiger partial charge in [0.2, 0.25) is 11.8 Å². The Hall–Kier alpha value is -1.77. The van der Waals surface area contributed by atoms with Gasteiger partial charge in [0, 0.05) is 36.7 Å². The van der Waals surface area contributed by atoms with Crippen LogP contribution in [-0.2, 0) is 14.6 Å². The summed E-state index contributed by atoms with van der Waals surface area (Å²) in [5.41, 5.74) is 0.758. The van der Waals surface area contributed by atoms with Crippen molar-refractivity contribution < 1.29 is 22.0 Å². The van der Waals surface area contributed by atoms with Gasteiger partial charge in [-0.1, -0.05) is 6.42 Å². The number of carbonyl (C=O) groups excluding carboxylic acids is 1. The lowest BCUT2D eigenvalue weighted by Crippen LogP contribution is -2.46. The van der Waals surface area contributed by atoms with Crippen LogP contribution in [0.1, 0.15) is 83.7 Å². The SMILES string of the molecule is Cc1ccc(S(=O)(=O)[C@H]2CCC[C@@H]2C(=O)NC2CCC(F)(F)CC2)c(N2[C@@H](C)CCC[C@@H]2C)n1. The van der Waals surface area contributed by atoms with Gasteiger partial charge in [-0.05, 0) is 77.8 Å². The third-order valence-corrected chi connectivity index (χ3v) is 10.3.